The molecule has 0 aliphatic heterocycles. The van der Waals surface area contributed by atoms with Gasteiger partial charge >= 0.3 is 0 Å². The van der Waals surface area contributed by atoms with Crippen LogP contribution in [0.1, 0.15) is 38.8 Å². The summed E-state index contributed by atoms with van der Waals surface area (Å²) < 4.78 is 14.7. The van der Waals surface area contributed by atoms with E-state index in [1.54, 1.807) is 35.8 Å². The lowest BCUT2D eigenvalue weighted by molar-refractivity contribution is -0.120. The quantitative estimate of drug-likeness (QED) is 0.463. The third-order valence-corrected chi connectivity index (χ3v) is 5.90. The number of aromatic nitrogens is 2. The van der Waals surface area contributed by atoms with Crippen LogP contribution in [-0.4, -0.2) is 20.7 Å². The topological polar surface area (TPSA) is 64.0 Å². The van der Waals surface area contributed by atoms with Gasteiger partial charge in [0.05, 0.1) is 16.2 Å². The number of para-hydroxylation sites is 1. The fraction of sp³-hybridized carbons (Fsp3) is 0.318. The van der Waals surface area contributed by atoms with Crippen LogP contribution in [0.5, 0.6) is 0 Å². The number of carbonyl (C=O) groups is 1. The average Bonchev–Trinajstić information content (AvgIpc) is 2.72. The lowest BCUT2D eigenvalue weighted by Crippen LogP contribution is -2.32. The summed E-state index contributed by atoms with van der Waals surface area (Å²) in [5, 5.41) is 3.52. The summed E-state index contributed by atoms with van der Waals surface area (Å²) >= 11 is 1.27. The molecule has 1 amide bonds. The Labute approximate surface area is 173 Å². The summed E-state index contributed by atoms with van der Waals surface area (Å²) in [6, 6.07) is 13.2. The molecular weight excluding hydrogens is 389 g/mol. The smallest absolute Gasteiger partial charge is 0.262 e. The monoisotopic (exact) mass is 413 g/mol. The van der Waals surface area contributed by atoms with Gasteiger partial charge in [0.2, 0.25) is 5.91 Å². The summed E-state index contributed by atoms with van der Waals surface area (Å²) in [5.74, 6) is -0.480. The maximum Gasteiger partial charge on any atom is 0.262 e. The molecule has 1 N–H and O–H groups in total. The number of rotatable bonds is 7. The zero-order valence-electron chi connectivity index (χ0n) is 16.7. The van der Waals surface area contributed by atoms with Crippen LogP contribution < -0.4 is 10.9 Å². The Morgan fingerprint density at radius 2 is 1.86 bits per heavy atom. The molecule has 5 nitrogen and oxygen atoms in total. The van der Waals surface area contributed by atoms with Crippen molar-refractivity contribution >= 4 is 28.6 Å². The summed E-state index contributed by atoms with van der Waals surface area (Å²) in [4.78, 5) is 30.2. The van der Waals surface area contributed by atoms with Crippen LogP contribution in [0.2, 0.25) is 0 Å². The molecule has 0 fully saturated rings. The van der Waals surface area contributed by atoms with Crippen molar-refractivity contribution in [3.05, 3.63) is 70.3 Å². The van der Waals surface area contributed by atoms with E-state index in [4.69, 9.17) is 0 Å². The lowest BCUT2D eigenvalue weighted by Gasteiger charge is -2.20. The highest BCUT2D eigenvalue weighted by Gasteiger charge is 2.21. The van der Waals surface area contributed by atoms with Gasteiger partial charge in [0.1, 0.15) is 5.82 Å². The first-order valence-corrected chi connectivity index (χ1v) is 10.5. The van der Waals surface area contributed by atoms with Gasteiger partial charge in [-0.1, -0.05) is 43.0 Å². The predicted molar refractivity (Wildman–Crippen MR) is 115 cm³/mol. The first-order chi connectivity index (χ1) is 13.9. The van der Waals surface area contributed by atoms with E-state index in [2.05, 4.69) is 10.3 Å². The van der Waals surface area contributed by atoms with Crippen LogP contribution in [0.25, 0.3) is 10.9 Å². The van der Waals surface area contributed by atoms with E-state index in [1.165, 1.54) is 23.9 Å². The third kappa shape index (κ3) is 4.85. The Hall–Kier alpha value is -2.67. The van der Waals surface area contributed by atoms with Crippen molar-refractivity contribution in [2.24, 2.45) is 0 Å². The van der Waals surface area contributed by atoms with Gasteiger partial charge in [-0.05, 0) is 50.1 Å². The van der Waals surface area contributed by atoms with E-state index >= 15 is 0 Å². The largest absolute Gasteiger partial charge is 0.351 e. The summed E-state index contributed by atoms with van der Waals surface area (Å²) in [6.07, 6.45) is 0.776. The molecule has 0 spiro atoms. The van der Waals surface area contributed by atoms with Crippen LogP contribution in [-0.2, 0) is 11.3 Å². The zero-order chi connectivity index (χ0) is 21.0. The minimum absolute atomic E-state index is 0.0309. The van der Waals surface area contributed by atoms with Gasteiger partial charge in [-0.25, -0.2) is 9.37 Å². The number of nitrogens with one attached hydrogen (secondary N) is 1. The third-order valence-electron chi connectivity index (χ3n) is 4.84. The molecule has 0 saturated heterocycles. The highest BCUT2D eigenvalue weighted by atomic mass is 32.2. The Morgan fingerprint density at radius 1 is 1.17 bits per heavy atom. The van der Waals surface area contributed by atoms with E-state index in [1.807, 2.05) is 26.0 Å². The predicted octanol–water partition coefficient (Wildman–Crippen LogP) is 4.30. The molecule has 0 saturated carbocycles. The Bertz CT molecular complexity index is 1070. The highest BCUT2D eigenvalue weighted by Crippen LogP contribution is 2.26. The number of hydrogen-bond donors (Lipinski definition) is 1. The zero-order valence-corrected chi connectivity index (χ0v) is 17.5. The fourth-order valence-corrected chi connectivity index (χ4v) is 3.96. The van der Waals surface area contributed by atoms with Crippen molar-refractivity contribution in [3.8, 4) is 0 Å². The second kappa shape index (κ2) is 9.22. The van der Waals surface area contributed by atoms with Crippen molar-refractivity contribution in [3.63, 3.8) is 0 Å². The molecule has 0 radical (unpaired) electrons. The summed E-state index contributed by atoms with van der Waals surface area (Å²) in [5.41, 5.74) is 1.35. The summed E-state index contributed by atoms with van der Waals surface area (Å²) in [7, 11) is 0. The molecule has 0 unspecified atom stereocenters. The molecule has 1 aromatic heterocycles. The number of thioether (sulfide) groups is 1. The number of carbonyl (C=O) groups excluding carboxylic acids is 1. The minimum atomic E-state index is -0.446. The first-order valence-electron chi connectivity index (χ1n) is 9.60. The van der Waals surface area contributed by atoms with Crippen molar-refractivity contribution in [1.29, 1.82) is 0 Å². The van der Waals surface area contributed by atoms with Gasteiger partial charge in [-0.3, -0.25) is 14.2 Å². The van der Waals surface area contributed by atoms with Gasteiger partial charge in [0, 0.05) is 12.6 Å². The van der Waals surface area contributed by atoms with Crippen LogP contribution in [0.4, 0.5) is 4.39 Å². The van der Waals surface area contributed by atoms with Crippen molar-refractivity contribution in [2.45, 2.75) is 50.2 Å². The van der Waals surface area contributed by atoms with E-state index in [-0.39, 0.29) is 23.3 Å². The molecule has 0 aliphatic rings. The van der Waals surface area contributed by atoms with E-state index in [0.29, 0.717) is 22.6 Å². The molecular formula is C22H24FN3O2S. The van der Waals surface area contributed by atoms with Crippen molar-refractivity contribution in [2.75, 3.05) is 0 Å². The molecule has 0 aliphatic carbocycles. The van der Waals surface area contributed by atoms with Crippen molar-refractivity contribution in [1.82, 2.24) is 14.9 Å². The second-order valence-corrected chi connectivity index (χ2v) is 8.26. The minimum Gasteiger partial charge on any atom is -0.351 e. The van der Waals surface area contributed by atoms with Gasteiger partial charge in [-0.15, -0.1) is 0 Å². The SMILES string of the molecule is CC[C@H](C)n1c(S[C@H](C)C(=O)NCc2ccc(F)cc2)nc2ccccc2c1=O. The lowest BCUT2D eigenvalue weighted by atomic mass is 10.2. The van der Waals surface area contributed by atoms with Crippen LogP contribution >= 0.6 is 11.8 Å². The highest BCUT2D eigenvalue weighted by molar-refractivity contribution is 8.00. The number of halogens is 1. The van der Waals surface area contributed by atoms with Crippen LogP contribution in [0.3, 0.4) is 0 Å². The van der Waals surface area contributed by atoms with Crippen LogP contribution in [0.15, 0.2) is 58.5 Å². The van der Waals surface area contributed by atoms with Gasteiger partial charge < -0.3 is 5.32 Å². The van der Waals surface area contributed by atoms with Gasteiger partial charge in [0.25, 0.3) is 5.56 Å². The Kier molecular flexibility index (Phi) is 6.69. The van der Waals surface area contributed by atoms with Crippen LogP contribution in [0, 0.1) is 5.82 Å². The maximum absolute atomic E-state index is 13.0. The molecule has 3 rings (SSSR count). The molecule has 1 heterocycles. The number of hydrogen-bond acceptors (Lipinski definition) is 4. The Morgan fingerprint density at radius 3 is 2.55 bits per heavy atom. The Balaban J connectivity index is 1.81. The van der Waals surface area contributed by atoms with Gasteiger partial charge in [0.15, 0.2) is 5.16 Å². The first kappa shape index (κ1) is 21.0. The normalized spacial score (nSPS) is 13.2. The number of nitrogens with zero attached hydrogens (tertiary/aromatic N) is 2. The number of fused-ring (bicyclic) bond motifs is 1. The molecule has 2 atom stereocenters. The molecule has 3 aromatic rings. The van der Waals surface area contributed by atoms with Gasteiger partial charge in [-0.2, -0.15) is 0 Å². The summed E-state index contributed by atoms with van der Waals surface area (Å²) in [6.45, 7) is 6.08. The van der Waals surface area contributed by atoms with E-state index < -0.39 is 5.25 Å². The number of benzene rings is 2. The molecule has 2 aromatic carbocycles. The van der Waals surface area contributed by atoms with E-state index in [9.17, 15) is 14.0 Å². The molecule has 29 heavy (non-hydrogen) atoms. The van der Waals surface area contributed by atoms with E-state index in [0.717, 1.165) is 12.0 Å². The van der Waals surface area contributed by atoms with Crippen molar-refractivity contribution < 1.29 is 9.18 Å². The molecule has 7 heteroatoms. The number of amides is 1. The fourth-order valence-electron chi connectivity index (χ4n) is 2.93. The maximum atomic E-state index is 13.0. The standard InChI is InChI=1S/C22H24FN3O2S/c1-4-14(2)26-21(28)18-7-5-6-8-19(18)25-22(26)29-15(3)20(27)24-13-16-9-11-17(23)12-10-16/h5-12,14-15H,4,13H2,1-3H3,(H,24,27)/t14-,15+/m0/s1. The second-order valence-electron chi connectivity index (χ2n) is 6.95. The average molecular weight is 414 g/mol. The molecule has 152 valence electrons. The molecule has 0 bridgehead atoms.